The van der Waals surface area contributed by atoms with Gasteiger partial charge in [0.15, 0.2) is 49.9 Å². The number of para-hydroxylation sites is 1. The van der Waals surface area contributed by atoms with E-state index in [1.165, 1.54) is 0 Å². The molecule has 0 aliphatic rings. The van der Waals surface area contributed by atoms with Gasteiger partial charge in [0.05, 0.1) is 0 Å². The highest BCUT2D eigenvalue weighted by molar-refractivity contribution is 6.94. The van der Waals surface area contributed by atoms with Crippen molar-refractivity contribution in [3.05, 3.63) is 36.4 Å². The van der Waals surface area contributed by atoms with Gasteiger partial charge in [-0.25, -0.2) is 4.79 Å². The van der Waals surface area contributed by atoms with Crippen LogP contribution in [0.5, 0.6) is 5.75 Å². The van der Waals surface area contributed by atoms with Gasteiger partial charge >= 0.3 is 41.5 Å². The standard InChI is InChI=1S/C33H77NO11Si10/c1-24-27-30(2)31-28-25-26-29-32(31)36-33(35)34-55(43-52(21,37-46(3,4)5)38-47(6,7)8,44-53(22,39-48(9,10)11)40-49(12,13)14)45-54(23,41-50(15,16)17)42-51(18,19)20/h25-26,28-29H,2,24,27H2,1,3-23H3,(H,34,35). The molecular weight excluding hydrogens is 867 g/mol. The summed E-state index contributed by atoms with van der Waals surface area (Å²) >= 11 is 0. The minimum Gasteiger partial charge on any atom is -0.417 e. The summed E-state index contributed by atoms with van der Waals surface area (Å²) in [6.07, 6.45) is 0.771. The third-order valence-corrected chi connectivity index (χ3v) is 38.0. The zero-order chi connectivity index (χ0) is 43.3. The molecule has 320 valence electrons. The molecule has 1 aromatic rings. The lowest BCUT2D eigenvalue weighted by molar-refractivity contribution is 0.110. The van der Waals surface area contributed by atoms with E-state index in [0.29, 0.717) is 5.75 Å². The molecule has 0 bridgehead atoms. The van der Waals surface area contributed by atoms with Crippen molar-refractivity contribution in [1.82, 2.24) is 4.98 Å². The van der Waals surface area contributed by atoms with Gasteiger partial charge in [-0.15, -0.1) is 0 Å². The highest BCUT2D eigenvalue weighted by atomic mass is 28.6. The number of ether oxygens (including phenoxy) is 1. The fourth-order valence-electron chi connectivity index (χ4n) is 5.93. The van der Waals surface area contributed by atoms with Crippen molar-refractivity contribution in [3.63, 3.8) is 0 Å². The van der Waals surface area contributed by atoms with Gasteiger partial charge < -0.3 is 41.8 Å². The summed E-state index contributed by atoms with van der Waals surface area (Å²) in [6.45, 7) is 49.2. The molecule has 0 aromatic heterocycles. The van der Waals surface area contributed by atoms with Crippen LogP contribution in [-0.2, 0) is 37.0 Å². The van der Waals surface area contributed by atoms with Crippen LogP contribution in [0.1, 0.15) is 25.3 Å². The lowest BCUT2D eigenvalue weighted by Gasteiger charge is -2.48. The monoisotopic (exact) mass is 943 g/mol. The van der Waals surface area contributed by atoms with Gasteiger partial charge in [-0.05, 0) is 136 Å². The maximum atomic E-state index is 14.6. The predicted octanol–water partition coefficient (Wildman–Crippen LogP) is 10.9. The molecule has 0 unspecified atom stereocenters. The van der Waals surface area contributed by atoms with Crippen LogP contribution in [0.2, 0.25) is 137 Å². The molecule has 0 heterocycles. The molecule has 1 amide bonds. The molecule has 55 heavy (non-hydrogen) atoms. The summed E-state index contributed by atoms with van der Waals surface area (Å²) in [7, 11) is -30.3. The average Bonchev–Trinajstić information content (AvgIpc) is 2.80. The maximum absolute atomic E-state index is 14.6. The Hall–Kier alpha value is 0.0388. The lowest BCUT2D eigenvalue weighted by Crippen LogP contribution is -2.77. The van der Waals surface area contributed by atoms with Gasteiger partial charge in [0.1, 0.15) is 5.75 Å². The van der Waals surface area contributed by atoms with Crippen LogP contribution < -0.4 is 9.72 Å². The number of benzene rings is 1. The second kappa shape index (κ2) is 19.2. The first-order valence-corrected chi connectivity index (χ1v) is 48.1. The summed E-state index contributed by atoms with van der Waals surface area (Å²) < 4.78 is 69.5. The number of rotatable bonds is 23. The van der Waals surface area contributed by atoms with Crippen molar-refractivity contribution in [2.75, 3.05) is 0 Å². The van der Waals surface area contributed by atoms with Gasteiger partial charge in [0.25, 0.3) is 0 Å². The molecule has 0 saturated carbocycles. The van der Waals surface area contributed by atoms with Gasteiger partial charge in [-0.1, -0.05) is 38.1 Å². The molecule has 1 aromatic carbocycles. The van der Waals surface area contributed by atoms with E-state index < -0.39 is 91.4 Å². The number of carbonyl (C=O) groups excluding carboxylic acids is 1. The van der Waals surface area contributed by atoms with Gasteiger partial charge in [0.2, 0.25) is 0 Å². The summed E-state index contributed by atoms with van der Waals surface area (Å²) in [6, 6.07) is 7.34. The number of hydrogen-bond acceptors (Lipinski definition) is 11. The van der Waals surface area contributed by atoms with E-state index in [2.05, 4.69) is 136 Å². The highest BCUT2D eigenvalue weighted by Gasteiger charge is 2.65. The molecule has 12 nitrogen and oxygen atoms in total. The Morgan fingerprint density at radius 2 is 0.800 bits per heavy atom. The average molecular weight is 945 g/mol. The fraction of sp³-hybridized carbons (Fsp3) is 0.727. The Bertz CT molecular complexity index is 1270. The van der Waals surface area contributed by atoms with Crippen LogP contribution in [0, 0.1) is 0 Å². The highest BCUT2D eigenvalue weighted by Crippen LogP contribution is 2.35. The van der Waals surface area contributed by atoms with Gasteiger partial charge in [-0.3, -0.25) is 4.98 Å². The van der Waals surface area contributed by atoms with Crippen molar-refractivity contribution in [2.24, 2.45) is 0 Å². The molecular formula is C33H77NO11Si10. The first-order valence-electron chi connectivity index (χ1n) is 19.3. The van der Waals surface area contributed by atoms with E-state index in [1.54, 1.807) is 6.07 Å². The Morgan fingerprint density at radius 1 is 0.509 bits per heavy atom. The van der Waals surface area contributed by atoms with E-state index in [4.69, 9.17) is 41.8 Å². The zero-order valence-electron chi connectivity index (χ0n) is 38.4. The summed E-state index contributed by atoms with van der Waals surface area (Å²) in [4.78, 5) is 17.7. The Balaban J connectivity index is 4.40. The van der Waals surface area contributed by atoms with Crippen molar-refractivity contribution in [2.45, 2.75) is 157 Å². The molecule has 22 heteroatoms. The number of amides is 1. The van der Waals surface area contributed by atoms with Crippen molar-refractivity contribution in [1.29, 1.82) is 0 Å². The molecule has 0 aliphatic heterocycles. The molecule has 1 rings (SSSR count). The number of nitrogens with one attached hydrogen (secondary N) is 1. The minimum atomic E-state index is -4.76. The number of carbonyl (C=O) groups is 1. The van der Waals surface area contributed by atoms with Crippen LogP contribution in [-0.4, -0.2) is 91.4 Å². The predicted molar refractivity (Wildman–Crippen MR) is 250 cm³/mol. The maximum Gasteiger partial charge on any atom is 0.613 e. The molecule has 0 saturated heterocycles. The van der Waals surface area contributed by atoms with Gasteiger partial charge in [-0.2, -0.15) is 0 Å². The summed E-state index contributed by atoms with van der Waals surface area (Å²) in [5.74, 6) is 0.339. The fourth-order valence-corrected chi connectivity index (χ4v) is 45.9. The Morgan fingerprint density at radius 3 is 1.07 bits per heavy atom. The molecule has 0 atom stereocenters. The van der Waals surface area contributed by atoms with E-state index in [1.807, 2.05) is 37.8 Å². The number of allylic oxidation sites excluding steroid dienone is 1. The smallest absolute Gasteiger partial charge is 0.417 e. The molecule has 0 spiro atoms. The largest absolute Gasteiger partial charge is 0.613 e. The summed E-state index contributed by atoms with van der Waals surface area (Å²) in [5.41, 5.74) is 1.58. The minimum absolute atomic E-state index is 0.339. The number of hydrogen-bond donors (Lipinski definition) is 1. The molecule has 0 fully saturated rings. The Kier molecular flexibility index (Phi) is 18.5. The summed E-state index contributed by atoms with van der Waals surface area (Å²) in [5, 5.41) is 0. The molecule has 1 N–H and O–H groups in total. The third kappa shape index (κ3) is 22.3. The van der Waals surface area contributed by atoms with Crippen LogP contribution >= 0.6 is 0 Å². The van der Waals surface area contributed by atoms with Crippen molar-refractivity contribution < 1.29 is 46.6 Å². The first kappa shape index (κ1) is 53.1. The van der Waals surface area contributed by atoms with Crippen LogP contribution in [0.4, 0.5) is 4.79 Å². The SMILES string of the molecule is C=C(CCC)c1ccccc1OC(=O)N[Si](O[Si](C)(O[Si](C)(C)C)O[Si](C)(C)C)(O[Si](C)(O[Si](C)(C)C)O[Si](C)(C)C)O[Si](C)(O[Si](C)(C)C)O[Si](C)(C)C. The van der Waals surface area contributed by atoms with Crippen LogP contribution in [0.15, 0.2) is 30.8 Å². The molecule has 0 aliphatic carbocycles. The third-order valence-electron chi connectivity index (χ3n) is 6.19. The Labute approximate surface area is 346 Å². The second-order valence-corrected chi connectivity index (χ2v) is 59.3. The molecule has 0 radical (unpaired) electrons. The quantitative estimate of drug-likeness (QED) is 0.106. The van der Waals surface area contributed by atoms with E-state index in [-0.39, 0.29) is 0 Å². The van der Waals surface area contributed by atoms with Crippen molar-refractivity contribution >= 4 is 97.0 Å². The van der Waals surface area contributed by atoms with Gasteiger partial charge in [0, 0.05) is 25.2 Å². The van der Waals surface area contributed by atoms with E-state index in [0.717, 1.165) is 24.0 Å². The van der Waals surface area contributed by atoms with Crippen LogP contribution in [0.3, 0.4) is 0 Å². The van der Waals surface area contributed by atoms with E-state index in [9.17, 15) is 4.79 Å². The first-order chi connectivity index (χ1) is 24.2. The van der Waals surface area contributed by atoms with E-state index >= 15 is 0 Å². The normalized spacial score (nSPS) is 14.6. The van der Waals surface area contributed by atoms with Crippen molar-refractivity contribution in [3.8, 4) is 5.75 Å². The van der Waals surface area contributed by atoms with Crippen LogP contribution in [0.25, 0.3) is 5.57 Å². The topological polar surface area (TPSA) is 121 Å². The zero-order valence-corrected chi connectivity index (χ0v) is 48.4. The second-order valence-electron chi connectivity index (χ2n) is 20.1. The lowest BCUT2D eigenvalue weighted by atomic mass is 10.0.